The number of carbonyl (C=O) groups excluding carboxylic acids is 1. The number of amides is 1. The fraction of sp³-hybridized carbons (Fsp3) is 0.368. The summed E-state index contributed by atoms with van der Waals surface area (Å²) in [6.45, 7) is 3.57. The van der Waals surface area contributed by atoms with Crippen molar-refractivity contribution < 1.29 is 17.9 Å². The minimum Gasteiger partial charge on any atom is -0.447 e. The molecule has 166 valence electrons. The number of aromatic nitrogens is 4. The maximum absolute atomic E-state index is 13.2. The molecule has 0 aliphatic carbocycles. The Morgan fingerprint density at radius 3 is 2.52 bits per heavy atom. The first-order chi connectivity index (χ1) is 14.6. The fourth-order valence-corrected chi connectivity index (χ4v) is 4.01. The van der Waals surface area contributed by atoms with E-state index in [-0.39, 0.29) is 26.6 Å². The molecule has 2 aromatic heterocycles. The third kappa shape index (κ3) is 4.10. The lowest BCUT2D eigenvalue weighted by atomic mass is 10.00. The van der Waals surface area contributed by atoms with Gasteiger partial charge in [0.2, 0.25) is 0 Å². The van der Waals surface area contributed by atoms with Crippen molar-refractivity contribution in [3.63, 3.8) is 0 Å². The van der Waals surface area contributed by atoms with Gasteiger partial charge in [-0.25, -0.2) is 18.0 Å². The summed E-state index contributed by atoms with van der Waals surface area (Å²) in [7, 11) is -2.60. The number of nitrogens with zero attached hydrogens (tertiary/aromatic N) is 4. The van der Waals surface area contributed by atoms with Gasteiger partial charge in [-0.2, -0.15) is 5.10 Å². The molecule has 0 fully saturated rings. The number of ether oxygens (including phenoxy) is 1. The van der Waals surface area contributed by atoms with Gasteiger partial charge >= 0.3 is 11.8 Å². The predicted octanol–water partition coefficient (Wildman–Crippen LogP) is 1.10. The topological polar surface area (TPSA) is 136 Å². The van der Waals surface area contributed by atoms with Gasteiger partial charge in [0.15, 0.2) is 0 Å². The molecule has 0 saturated carbocycles. The number of aromatic amines is 1. The number of hydrogen-bond donors (Lipinski definition) is 1. The Balaban J connectivity index is 2.33. The second-order valence-electron chi connectivity index (χ2n) is 6.92. The Hall–Kier alpha value is -3.41. The molecule has 0 aliphatic heterocycles. The molecule has 0 saturated heterocycles. The molecule has 12 heteroatoms. The minimum atomic E-state index is -4.35. The maximum atomic E-state index is 13.2. The summed E-state index contributed by atoms with van der Waals surface area (Å²) in [5.74, 6) is 0. The number of carbonyl (C=O) groups is 1. The smallest absolute Gasteiger partial charge is 0.444 e. The Labute approximate surface area is 177 Å². The van der Waals surface area contributed by atoms with Crippen molar-refractivity contribution in [2.45, 2.75) is 26.7 Å². The summed E-state index contributed by atoms with van der Waals surface area (Å²) in [6.07, 6.45) is 2.02. The number of fused-ring (bicyclic) bond motifs is 1. The third-order valence-electron chi connectivity index (χ3n) is 4.66. The van der Waals surface area contributed by atoms with Crippen molar-refractivity contribution in [1.29, 1.82) is 0 Å². The van der Waals surface area contributed by atoms with Gasteiger partial charge in [0.1, 0.15) is 0 Å². The molecule has 0 spiro atoms. The molecule has 31 heavy (non-hydrogen) atoms. The lowest BCUT2D eigenvalue weighted by Gasteiger charge is -2.20. The quantitative estimate of drug-likeness (QED) is 0.595. The van der Waals surface area contributed by atoms with Gasteiger partial charge in [0.05, 0.1) is 29.5 Å². The van der Waals surface area contributed by atoms with Crippen molar-refractivity contribution in [3.05, 3.63) is 50.8 Å². The number of benzene rings is 1. The van der Waals surface area contributed by atoms with Gasteiger partial charge < -0.3 is 9.72 Å². The molecule has 0 unspecified atom stereocenters. The lowest BCUT2D eigenvalue weighted by Crippen LogP contribution is -2.56. The van der Waals surface area contributed by atoms with E-state index >= 15 is 0 Å². The lowest BCUT2D eigenvalue weighted by molar-refractivity contribution is 0.152. The zero-order chi connectivity index (χ0) is 22.9. The Morgan fingerprint density at radius 2 is 1.97 bits per heavy atom. The van der Waals surface area contributed by atoms with E-state index in [1.165, 1.54) is 0 Å². The Kier molecular flexibility index (Phi) is 6.02. The van der Waals surface area contributed by atoms with E-state index in [0.717, 1.165) is 11.3 Å². The van der Waals surface area contributed by atoms with Crippen molar-refractivity contribution in [2.75, 3.05) is 17.3 Å². The number of sulfonamides is 1. The largest absolute Gasteiger partial charge is 0.447 e. The number of nitrogens with one attached hydrogen (secondary N) is 1. The van der Waals surface area contributed by atoms with E-state index in [1.54, 1.807) is 43.0 Å². The van der Waals surface area contributed by atoms with Crippen molar-refractivity contribution in [1.82, 2.24) is 19.4 Å². The highest BCUT2D eigenvalue weighted by Gasteiger charge is 2.31. The van der Waals surface area contributed by atoms with Gasteiger partial charge in [-0.3, -0.25) is 9.48 Å². The van der Waals surface area contributed by atoms with Crippen LogP contribution in [0.15, 0.2) is 34.0 Å². The Morgan fingerprint density at radius 1 is 1.26 bits per heavy atom. The van der Waals surface area contributed by atoms with E-state index in [0.29, 0.717) is 24.7 Å². The second kappa shape index (κ2) is 8.38. The molecule has 1 N–H and O–H groups in total. The van der Waals surface area contributed by atoms with Gasteiger partial charge in [0.25, 0.3) is 15.6 Å². The predicted molar refractivity (Wildman–Crippen MR) is 115 cm³/mol. The molecule has 3 rings (SSSR count). The second-order valence-corrected chi connectivity index (χ2v) is 8.73. The molecule has 1 aromatic carbocycles. The number of hydrogen-bond acceptors (Lipinski definition) is 7. The molecule has 3 aromatic rings. The molecule has 1 amide bonds. The van der Waals surface area contributed by atoms with Crippen LogP contribution in [0.5, 0.6) is 0 Å². The molecule has 0 atom stereocenters. The van der Waals surface area contributed by atoms with Crippen LogP contribution in [-0.4, -0.2) is 46.8 Å². The van der Waals surface area contributed by atoms with Crippen LogP contribution in [0.1, 0.15) is 25.8 Å². The van der Waals surface area contributed by atoms with Crippen LogP contribution in [0.25, 0.3) is 22.2 Å². The van der Waals surface area contributed by atoms with Crippen LogP contribution in [0, 0.1) is 0 Å². The van der Waals surface area contributed by atoms with E-state index in [1.807, 2.05) is 6.92 Å². The van der Waals surface area contributed by atoms with Crippen LogP contribution in [-0.2, 0) is 28.2 Å². The number of aryl methyl sites for hydroxylation is 2. The highest BCUT2D eigenvalue weighted by atomic mass is 32.2. The normalized spacial score (nSPS) is 11.6. The standard InChI is InChI=1S/C19H23N5O6S/c1-5-9-30-19(27)24(31(4,28)29)23-17(25)14-11-13(16-7-8-20-22(16)3)12(6-2)10-15(14)21-18(23)26/h7-8,10-11H,5-6,9H2,1-4H3,(H,21,26). The summed E-state index contributed by atoms with van der Waals surface area (Å²) in [4.78, 5) is 40.8. The van der Waals surface area contributed by atoms with E-state index in [4.69, 9.17) is 4.74 Å². The molecular weight excluding hydrogens is 426 g/mol. The summed E-state index contributed by atoms with van der Waals surface area (Å²) >= 11 is 0. The van der Waals surface area contributed by atoms with Gasteiger partial charge in [-0.1, -0.05) is 18.3 Å². The summed E-state index contributed by atoms with van der Waals surface area (Å²) in [6, 6.07) is 4.98. The van der Waals surface area contributed by atoms with Gasteiger partial charge in [-0.05, 0) is 36.6 Å². The average Bonchev–Trinajstić information content (AvgIpc) is 3.13. The molecule has 11 nitrogen and oxygen atoms in total. The van der Waals surface area contributed by atoms with E-state index < -0.39 is 27.4 Å². The first-order valence-electron chi connectivity index (χ1n) is 9.57. The van der Waals surface area contributed by atoms with Gasteiger partial charge in [-0.15, -0.1) is 4.68 Å². The van der Waals surface area contributed by atoms with E-state index in [2.05, 4.69) is 10.1 Å². The number of rotatable bonds is 6. The van der Waals surface area contributed by atoms with Crippen LogP contribution in [0.3, 0.4) is 0 Å². The van der Waals surface area contributed by atoms with Crippen molar-refractivity contribution in [2.24, 2.45) is 7.05 Å². The van der Waals surface area contributed by atoms with Crippen LogP contribution >= 0.6 is 0 Å². The summed E-state index contributed by atoms with van der Waals surface area (Å²) in [5.41, 5.74) is 0.467. The van der Waals surface area contributed by atoms with Gasteiger partial charge in [0, 0.05) is 18.8 Å². The highest BCUT2D eigenvalue weighted by Crippen LogP contribution is 2.26. The first kappa shape index (κ1) is 22.3. The fourth-order valence-electron chi connectivity index (χ4n) is 3.24. The summed E-state index contributed by atoms with van der Waals surface area (Å²) in [5, 5.41) is 4.17. The average molecular weight is 449 g/mol. The molecular formula is C19H23N5O6S. The third-order valence-corrected chi connectivity index (χ3v) is 5.60. The zero-order valence-electron chi connectivity index (χ0n) is 17.6. The van der Waals surface area contributed by atoms with E-state index in [9.17, 15) is 22.8 Å². The Bertz CT molecular complexity index is 1370. The number of H-pyrrole nitrogens is 1. The first-order valence-corrected chi connectivity index (χ1v) is 11.4. The highest BCUT2D eigenvalue weighted by molar-refractivity contribution is 7.92. The molecule has 2 heterocycles. The van der Waals surface area contributed by atoms with Crippen molar-refractivity contribution in [3.8, 4) is 11.3 Å². The SMILES string of the molecule is CCCOC(=O)N(n1c(=O)[nH]c2cc(CC)c(-c3ccnn3C)cc2c1=O)S(C)(=O)=O. The molecule has 0 bridgehead atoms. The minimum absolute atomic E-state index is 0.0324. The van der Waals surface area contributed by atoms with Crippen LogP contribution in [0.2, 0.25) is 0 Å². The molecule has 0 radical (unpaired) electrons. The summed E-state index contributed by atoms with van der Waals surface area (Å²) < 4.78 is 31.3. The van der Waals surface area contributed by atoms with Crippen LogP contribution in [0.4, 0.5) is 4.79 Å². The monoisotopic (exact) mass is 449 g/mol. The van der Waals surface area contributed by atoms with Crippen LogP contribution < -0.4 is 15.7 Å². The maximum Gasteiger partial charge on any atom is 0.444 e. The van der Waals surface area contributed by atoms with Crippen molar-refractivity contribution >= 4 is 27.0 Å². The molecule has 0 aliphatic rings. The zero-order valence-corrected chi connectivity index (χ0v) is 18.4.